The summed E-state index contributed by atoms with van der Waals surface area (Å²) in [6, 6.07) is 13.5. The molecule has 0 aliphatic carbocycles. The number of aromatic amines is 1. The second-order valence-electron chi connectivity index (χ2n) is 7.80. The fourth-order valence-corrected chi connectivity index (χ4v) is 4.87. The van der Waals surface area contributed by atoms with Crippen LogP contribution in [0.25, 0.3) is 22.4 Å². The highest BCUT2D eigenvalue weighted by Gasteiger charge is 2.27. The molecule has 1 aliphatic heterocycles. The van der Waals surface area contributed by atoms with Crippen LogP contribution in [0.1, 0.15) is 23.6 Å². The summed E-state index contributed by atoms with van der Waals surface area (Å²) >= 11 is 1.51. The van der Waals surface area contributed by atoms with E-state index in [9.17, 15) is 9.59 Å². The lowest BCUT2D eigenvalue weighted by molar-refractivity contribution is -0.116. The molecular formula is C23H21N5O2S. The Balaban J connectivity index is 1.29. The van der Waals surface area contributed by atoms with Crippen LogP contribution in [0.2, 0.25) is 0 Å². The number of imidazole rings is 1. The maximum absolute atomic E-state index is 12.6. The number of nitrogens with zero attached hydrogens (tertiary/aromatic N) is 3. The smallest absolute Gasteiger partial charge is 0.257 e. The molecule has 1 unspecified atom stereocenters. The van der Waals surface area contributed by atoms with E-state index in [2.05, 4.69) is 26.3 Å². The topological polar surface area (TPSA) is 92.7 Å². The number of benzene rings is 2. The van der Waals surface area contributed by atoms with Gasteiger partial charge in [-0.05, 0) is 55.8 Å². The number of hydrogen-bond donors (Lipinski definition) is 2. The molecule has 1 aliphatic rings. The molecule has 0 saturated heterocycles. The quantitative estimate of drug-likeness (QED) is 0.475. The van der Waals surface area contributed by atoms with Crippen molar-refractivity contribution in [1.82, 2.24) is 19.5 Å². The highest BCUT2D eigenvalue weighted by molar-refractivity contribution is 7.99. The van der Waals surface area contributed by atoms with E-state index in [0.717, 1.165) is 22.4 Å². The minimum Gasteiger partial charge on any atom is -0.338 e. The fraction of sp³-hybridized carbons (Fsp3) is 0.217. The molecule has 0 spiro atoms. The third kappa shape index (κ3) is 3.74. The molecular weight excluding hydrogens is 410 g/mol. The normalized spacial score (nSPS) is 15.2. The molecule has 7 nitrogen and oxygen atoms in total. The molecule has 0 saturated carbocycles. The predicted molar refractivity (Wildman–Crippen MR) is 123 cm³/mol. The number of fused-ring (bicyclic) bond motifs is 2. The van der Waals surface area contributed by atoms with Crippen molar-refractivity contribution in [2.75, 3.05) is 11.1 Å². The van der Waals surface area contributed by atoms with Crippen molar-refractivity contribution in [2.45, 2.75) is 31.5 Å². The zero-order valence-corrected chi connectivity index (χ0v) is 18.0. The van der Waals surface area contributed by atoms with Gasteiger partial charge in [-0.25, -0.2) is 9.97 Å². The molecule has 0 fully saturated rings. The van der Waals surface area contributed by atoms with Crippen molar-refractivity contribution in [2.24, 2.45) is 0 Å². The number of carbonyl (C=O) groups excluding carboxylic acids is 1. The predicted octanol–water partition coefficient (Wildman–Crippen LogP) is 4.08. The van der Waals surface area contributed by atoms with Gasteiger partial charge in [0.15, 0.2) is 5.16 Å². The first-order chi connectivity index (χ1) is 15.0. The zero-order valence-electron chi connectivity index (χ0n) is 17.2. The van der Waals surface area contributed by atoms with Gasteiger partial charge in [0, 0.05) is 35.2 Å². The van der Waals surface area contributed by atoms with Gasteiger partial charge in [0.2, 0.25) is 5.91 Å². The molecule has 0 radical (unpaired) electrons. The van der Waals surface area contributed by atoms with Crippen LogP contribution in [0.15, 0.2) is 58.6 Å². The Morgan fingerprint density at radius 2 is 2.03 bits per heavy atom. The van der Waals surface area contributed by atoms with Crippen LogP contribution in [-0.4, -0.2) is 31.2 Å². The van der Waals surface area contributed by atoms with Crippen LogP contribution < -0.4 is 10.9 Å². The Morgan fingerprint density at radius 1 is 1.23 bits per heavy atom. The van der Waals surface area contributed by atoms with E-state index in [1.54, 1.807) is 17.7 Å². The van der Waals surface area contributed by atoms with Crippen LogP contribution in [0.3, 0.4) is 0 Å². The number of hydrogen-bond acceptors (Lipinski definition) is 5. The average molecular weight is 432 g/mol. The van der Waals surface area contributed by atoms with Crippen LogP contribution in [0.5, 0.6) is 0 Å². The number of rotatable bonds is 4. The third-order valence-electron chi connectivity index (χ3n) is 5.40. The molecule has 1 atom stereocenters. The lowest BCUT2D eigenvalue weighted by Gasteiger charge is -2.13. The Labute approximate surface area is 182 Å². The van der Waals surface area contributed by atoms with E-state index in [1.807, 2.05) is 43.3 Å². The number of aryl methyl sites for hydroxylation is 2. The van der Waals surface area contributed by atoms with E-state index >= 15 is 0 Å². The van der Waals surface area contributed by atoms with Gasteiger partial charge in [0.05, 0.1) is 17.1 Å². The van der Waals surface area contributed by atoms with Gasteiger partial charge in [-0.3, -0.25) is 14.2 Å². The molecule has 3 heterocycles. The van der Waals surface area contributed by atoms with Crippen LogP contribution >= 0.6 is 11.8 Å². The second kappa shape index (κ2) is 7.70. The third-order valence-corrected chi connectivity index (χ3v) is 6.51. The monoisotopic (exact) mass is 431 g/mol. The first kappa shape index (κ1) is 19.6. The molecule has 0 bridgehead atoms. The van der Waals surface area contributed by atoms with Gasteiger partial charge >= 0.3 is 0 Å². The molecule has 5 rings (SSSR count). The van der Waals surface area contributed by atoms with E-state index < -0.39 is 0 Å². The van der Waals surface area contributed by atoms with Crippen molar-refractivity contribution in [3.63, 3.8) is 0 Å². The number of carbonyl (C=O) groups is 1. The largest absolute Gasteiger partial charge is 0.338 e. The van der Waals surface area contributed by atoms with Gasteiger partial charge in [-0.15, -0.1) is 0 Å². The van der Waals surface area contributed by atoms with Crippen molar-refractivity contribution in [3.05, 3.63) is 70.1 Å². The summed E-state index contributed by atoms with van der Waals surface area (Å²) in [5, 5.41) is 3.61. The van der Waals surface area contributed by atoms with Crippen molar-refractivity contribution < 1.29 is 4.79 Å². The van der Waals surface area contributed by atoms with Crippen LogP contribution in [0, 0.1) is 13.8 Å². The molecule has 156 valence electrons. The maximum atomic E-state index is 12.6. The molecule has 2 aromatic carbocycles. The van der Waals surface area contributed by atoms with Gasteiger partial charge in [0.25, 0.3) is 5.56 Å². The minimum absolute atomic E-state index is 0.0711. The van der Waals surface area contributed by atoms with Gasteiger partial charge < -0.3 is 10.3 Å². The Bertz CT molecular complexity index is 1360. The van der Waals surface area contributed by atoms with E-state index in [1.165, 1.54) is 17.3 Å². The summed E-state index contributed by atoms with van der Waals surface area (Å²) in [4.78, 5) is 37.3. The summed E-state index contributed by atoms with van der Waals surface area (Å²) in [6.07, 6.45) is 1.82. The Kier molecular flexibility index (Phi) is 4.86. The highest BCUT2D eigenvalue weighted by atomic mass is 32.2. The first-order valence-corrected chi connectivity index (χ1v) is 11.0. The van der Waals surface area contributed by atoms with Crippen LogP contribution in [0.4, 0.5) is 5.69 Å². The average Bonchev–Trinajstić information content (AvgIpc) is 3.35. The Morgan fingerprint density at radius 3 is 2.84 bits per heavy atom. The number of nitrogens with one attached hydrogen (secondary N) is 2. The standard InChI is InChI=1S/C23H21N5O2S/c1-13-3-8-18-19(9-13)27-21(26-18)15-4-6-16(7-5-15)25-20(29)10-17-12-31-23-24-11-14(2)22(30)28(17)23/h3-9,11,17H,10,12H2,1-2H3,(H,25,29)(H,26,27). The van der Waals surface area contributed by atoms with Gasteiger partial charge in [-0.2, -0.15) is 0 Å². The summed E-state index contributed by atoms with van der Waals surface area (Å²) in [5.41, 5.74) is 5.28. The first-order valence-electron chi connectivity index (χ1n) is 10.1. The Hall–Kier alpha value is -3.39. The lowest BCUT2D eigenvalue weighted by Crippen LogP contribution is -2.28. The van der Waals surface area contributed by atoms with Crippen LogP contribution in [-0.2, 0) is 4.79 Å². The van der Waals surface area contributed by atoms with Crippen molar-refractivity contribution in [1.29, 1.82) is 0 Å². The summed E-state index contributed by atoms with van der Waals surface area (Å²) < 4.78 is 1.64. The molecule has 31 heavy (non-hydrogen) atoms. The molecule has 2 aromatic heterocycles. The minimum atomic E-state index is -0.182. The number of anilines is 1. The zero-order chi connectivity index (χ0) is 21.5. The lowest BCUT2D eigenvalue weighted by atomic mass is 10.1. The summed E-state index contributed by atoms with van der Waals surface area (Å²) in [5.74, 6) is 1.34. The molecule has 4 aromatic rings. The number of thioether (sulfide) groups is 1. The van der Waals surface area contributed by atoms with Gasteiger partial charge in [-0.1, -0.05) is 17.8 Å². The van der Waals surface area contributed by atoms with E-state index in [-0.39, 0.29) is 23.9 Å². The number of amides is 1. The maximum Gasteiger partial charge on any atom is 0.257 e. The molecule has 8 heteroatoms. The van der Waals surface area contributed by atoms with Crippen molar-refractivity contribution in [3.8, 4) is 11.4 Å². The van der Waals surface area contributed by atoms with Gasteiger partial charge in [0.1, 0.15) is 5.82 Å². The summed E-state index contributed by atoms with van der Waals surface area (Å²) in [6.45, 7) is 3.79. The molecule has 2 N–H and O–H groups in total. The number of aromatic nitrogens is 4. The van der Waals surface area contributed by atoms with Crippen molar-refractivity contribution >= 4 is 34.4 Å². The highest BCUT2D eigenvalue weighted by Crippen LogP contribution is 2.32. The molecule has 1 amide bonds. The van der Waals surface area contributed by atoms with E-state index in [0.29, 0.717) is 22.2 Å². The SMILES string of the molecule is Cc1ccc2nc(-c3ccc(NC(=O)CC4CSc5ncc(C)c(=O)n54)cc3)[nH]c2c1. The summed E-state index contributed by atoms with van der Waals surface area (Å²) in [7, 11) is 0. The van der Waals surface area contributed by atoms with E-state index in [4.69, 9.17) is 0 Å². The fourth-order valence-electron chi connectivity index (χ4n) is 3.77. The second-order valence-corrected chi connectivity index (χ2v) is 8.79. The number of H-pyrrole nitrogens is 1.